The third kappa shape index (κ3) is 3.73. The smallest absolute Gasteiger partial charge is 0.257 e. The van der Waals surface area contributed by atoms with Crippen LogP contribution in [0.5, 0.6) is 5.75 Å². The maximum atomic E-state index is 12.3. The minimum absolute atomic E-state index is 0.210. The maximum Gasteiger partial charge on any atom is 0.257 e. The van der Waals surface area contributed by atoms with E-state index < -0.39 is 0 Å². The summed E-state index contributed by atoms with van der Waals surface area (Å²) in [6, 6.07) is 10.9. The molecule has 3 aromatic rings. The molecule has 6 heteroatoms. The van der Waals surface area contributed by atoms with Crippen LogP contribution in [0.1, 0.15) is 17.3 Å². The lowest BCUT2D eigenvalue weighted by molar-refractivity contribution is 0.102. The van der Waals surface area contributed by atoms with E-state index in [1.807, 2.05) is 30.5 Å². The quantitative estimate of drug-likeness (QED) is 0.774. The van der Waals surface area contributed by atoms with E-state index in [9.17, 15) is 4.79 Å². The molecule has 1 aromatic carbocycles. The van der Waals surface area contributed by atoms with Gasteiger partial charge in [-0.05, 0) is 37.3 Å². The van der Waals surface area contributed by atoms with Crippen LogP contribution in [0.3, 0.4) is 0 Å². The highest BCUT2D eigenvalue weighted by atomic mass is 32.1. The van der Waals surface area contributed by atoms with Gasteiger partial charge in [-0.2, -0.15) is 0 Å². The number of carbonyl (C=O) groups excluding carboxylic acids is 1. The summed E-state index contributed by atoms with van der Waals surface area (Å²) in [5, 5.41) is 5.25. The molecular weight excluding hydrogens is 310 g/mol. The molecule has 0 radical (unpaired) electrons. The molecule has 1 N–H and O–H groups in total. The normalized spacial score (nSPS) is 10.3. The molecule has 5 nitrogen and oxygen atoms in total. The van der Waals surface area contributed by atoms with Crippen LogP contribution < -0.4 is 10.1 Å². The van der Waals surface area contributed by atoms with Gasteiger partial charge in [-0.1, -0.05) is 6.07 Å². The minimum Gasteiger partial charge on any atom is -0.494 e. The molecule has 0 unspecified atom stereocenters. The first-order valence-electron chi connectivity index (χ1n) is 7.16. The zero-order valence-electron chi connectivity index (χ0n) is 12.5. The number of aromatic nitrogens is 2. The number of anilines is 1. The van der Waals surface area contributed by atoms with Crippen molar-refractivity contribution in [2.75, 3.05) is 11.9 Å². The molecule has 1 amide bonds. The van der Waals surface area contributed by atoms with Crippen LogP contribution in [0.2, 0.25) is 0 Å². The average molecular weight is 325 g/mol. The highest BCUT2D eigenvalue weighted by Gasteiger charge is 2.10. The Morgan fingerprint density at radius 1 is 1.30 bits per heavy atom. The fourth-order valence-corrected chi connectivity index (χ4v) is 2.76. The maximum absolute atomic E-state index is 12.3. The van der Waals surface area contributed by atoms with E-state index in [0.29, 0.717) is 23.1 Å². The van der Waals surface area contributed by atoms with Crippen molar-refractivity contribution in [2.45, 2.75) is 6.92 Å². The van der Waals surface area contributed by atoms with Crippen molar-refractivity contribution < 1.29 is 9.53 Å². The first-order chi connectivity index (χ1) is 11.3. The lowest BCUT2D eigenvalue weighted by Gasteiger charge is -2.05. The number of carbonyl (C=O) groups is 1. The van der Waals surface area contributed by atoms with Crippen LogP contribution in [0.4, 0.5) is 5.13 Å². The van der Waals surface area contributed by atoms with Gasteiger partial charge >= 0.3 is 0 Å². The van der Waals surface area contributed by atoms with Gasteiger partial charge in [0.2, 0.25) is 0 Å². The van der Waals surface area contributed by atoms with Gasteiger partial charge in [-0.15, -0.1) is 11.3 Å². The molecule has 0 bridgehead atoms. The van der Waals surface area contributed by atoms with E-state index in [0.717, 1.165) is 11.3 Å². The topological polar surface area (TPSA) is 64.1 Å². The number of nitrogens with one attached hydrogen (secondary N) is 1. The highest BCUT2D eigenvalue weighted by Crippen LogP contribution is 2.24. The first kappa shape index (κ1) is 15.2. The largest absolute Gasteiger partial charge is 0.494 e. The third-order valence-electron chi connectivity index (χ3n) is 3.09. The number of pyridine rings is 1. The van der Waals surface area contributed by atoms with E-state index >= 15 is 0 Å². The predicted octanol–water partition coefficient (Wildman–Crippen LogP) is 3.86. The van der Waals surface area contributed by atoms with Gasteiger partial charge in [0.15, 0.2) is 5.13 Å². The summed E-state index contributed by atoms with van der Waals surface area (Å²) in [5.41, 5.74) is 2.25. The summed E-state index contributed by atoms with van der Waals surface area (Å²) in [6.45, 7) is 2.47. The second-order valence-electron chi connectivity index (χ2n) is 4.69. The molecule has 3 rings (SSSR count). The lowest BCUT2D eigenvalue weighted by Crippen LogP contribution is -2.11. The molecule has 0 aliphatic rings. The Hall–Kier alpha value is -2.73. The van der Waals surface area contributed by atoms with Gasteiger partial charge < -0.3 is 4.74 Å². The van der Waals surface area contributed by atoms with Gasteiger partial charge in [-0.25, -0.2) is 4.98 Å². The van der Waals surface area contributed by atoms with Crippen LogP contribution in [0.15, 0.2) is 54.2 Å². The van der Waals surface area contributed by atoms with Crippen molar-refractivity contribution in [2.24, 2.45) is 0 Å². The Kier molecular flexibility index (Phi) is 4.63. The van der Waals surface area contributed by atoms with Crippen LogP contribution in [0.25, 0.3) is 11.3 Å². The minimum atomic E-state index is -0.210. The van der Waals surface area contributed by atoms with Gasteiger partial charge in [0.25, 0.3) is 5.91 Å². The molecule has 0 aliphatic carbocycles. The molecule has 0 fully saturated rings. The number of benzene rings is 1. The first-order valence-corrected chi connectivity index (χ1v) is 8.04. The number of amides is 1. The van der Waals surface area contributed by atoms with Crippen molar-refractivity contribution >= 4 is 22.4 Å². The summed E-state index contributed by atoms with van der Waals surface area (Å²) in [5.74, 6) is 0.467. The summed E-state index contributed by atoms with van der Waals surface area (Å²) in [4.78, 5) is 20.8. The van der Waals surface area contributed by atoms with Crippen molar-refractivity contribution in [1.82, 2.24) is 9.97 Å². The van der Waals surface area contributed by atoms with Gasteiger partial charge in [0.1, 0.15) is 5.75 Å². The van der Waals surface area contributed by atoms with E-state index in [-0.39, 0.29) is 5.91 Å². The molecule has 0 aliphatic heterocycles. The molecule has 0 atom stereocenters. The molecule has 2 heterocycles. The van der Waals surface area contributed by atoms with Crippen molar-refractivity contribution in [3.63, 3.8) is 0 Å². The molecule has 0 spiro atoms. The fourth-order valence-electron chi connectivity index (χ4n) is 2.04. The zero-order chi connectivity index (χ0) is 16.1. The van der Waals surface area contributed by atoms with E-state index in [2.05, 4.69) is 15.3 Å². The van der Waals surface area contributed by atoms with Gasteiger partial charge in [0, 0.05) is 28.9 Å². The van der Waals surface area contributed by atoms with Crippen LogP contribution >= 0.6 is 11.3 Å². The van der Waals surface area contributed by atoms with Crippen molar-refractivity contribution in [1.29, 1.82) is 0 Å². The Balaban J connectivity index is 1.73. The Bertz CT molecular complexity index is 802. The SMILES string of the molecule is CCOc1cccc(C(=O)Nc2nc(-c3cccnc3)cs2)c1. The number of hydrogen-bond donors (Lipinski definition) is 1. The molecule has 0 saturated heterocycles. The Morgan fingerprint density at radius 2 is 2.22 bits per heavy atom. The van der Waals surface area contributed by atoms with Gasteiger partial charge in [-0.3, -0.25) is 15.1 Å². The molecular formula is C17H15N3O2S. The van der Waals surface area contributed by atoms with Crippen LogP contribution in [0, 0.1) is 0 Å². The standard InChI is InChI=1S/C17H15N3O2S/c1-2-22-14-7-3-5-12(9-14)16(21)20-17-19-15(11-23-17)13-6-4-8-18-10-13/h3-11H,2H2,1H3,(H,19,20,21). The third-order valence-corrected chi connectivity index (χ3v) is 3.85. The molecule has 23 heavy (non-hydrogen) atoms. The monoisotopic (exact) mass is 325 g/mol. The fraction of sp³-hybridized carbons (Fsp3) is 0.118. The number of nitrogens with zero attached hydrogens (tertiary/aromatic N) is 2. The van der Waals surface area contributed by atoms with Crippen molar-refractivity contribution in [3.8, 4) is 17.0 Å². The van der Waals surface area contributed by atoms with E-state index in [1.54, 1.807) is 30.6 Å². The Morgan fingerprint density at radius 3 is 3.00 bits per heavy atom. The lowest BCUT2D eigenvalue weighted by atomic mass is 10.2. The van der Waals surface area contributed by atoms with Crippen LogP contribution in [-0.4, -0.2) is 22.5 Å². The molecule has 2 aromatic heterocycles. The molecule has 0 saturated carbocycles. The second kappa shape index (κ2) is 7.02. The average Bonchev–Trinajstić information content (AvgIpc) is 3.05. The number of rotatable bonds is 5. The summed E-state index contributed by atoms with van der Waals surface area (Å²) < 4.78 is 5.41. The van der Waals surface area contributed by atoms with Gasteiger partial charge in [0.05, 0.1) is 12.3 Å². The van der Waals surface area contributed by atoms with Crippen LogP contribution in [-0.2, 0) is 0 Å². The highest BCUT2D eigenvalue weighted by molar-refractivity contribution is 7.14. The summed E-state index contributed by atoms with van der Waals surface area (Å²) in [7, 11) is 0. The number of hydrogen-bond acceptors (Lipinski definition) is 5. The second-order valence-corrected chi connectivity index (χ2v) is 5.55. The summed E-state index contributed by atoms with van der Waals surface area (Å²) in [6.07, 6.45) is 3.45. The van der Waals surface area contributed by atoms with Crippen molar-refractivity contribution in [3.05, 3.63) is 59.7 Å². The van der Waals surface area contributed by atoms with E-state index in [4.69, 9.17) is 4.74 Å². The Labute approximate surface area is 138 Å². The predicted molar refractivity (Wildman–Crippen MR) is 90.9 cm³/mol. The molecule has 116 valence electrons. The number of ether oxygens (including phenoxy) is 1. The zero-order valence-corrected chi connectivity index (χ0v) is 13.3. The van der Waals surface area contributed by atoms with E-state index in [1.165, 1.54) is 11.3 Å². The number of thiazole rings is 1. The summed E-state index contributed by atoms with van der Waals surface area (Å²) >= 11 is 1.38.